The highest BCUT2D eigenvalue weighted by molar-refractivity contribution is 6.32. The second-order valence-corrected chi connectivity index (χ2v) is 7.28. The number of aliphatic carboxylic acids is 1. The SMILES string of the molecule is Cc1[nH]c(=O)c(Cl)c(OCc2ccc(F)cc2CN)c1-c1c(F)cccc1F.O=C(O)C(F)(F)F. The molecular formula is C22H17ClF6N2O4. The van der Waals surface area contributed by atoms with Gasteiger partial charge in [0, 0.05) is 12.2 Å². The van der Waals surface area contributed by atoms with E-state index in [9.17, 15) is 31.1 Å². The van der Waals surface area contributed by atoms with E-state index in [4.69, 9.17) is 32.0 Å². The van der Waals surface area contributed by atoms with E-state index in [0.717, 1.165) is 12.1 Å². The van der Waals surface area contributed by atoms with Crippen LogP contribution in [0.25, 0.3) is 11.1 Å². The van der Waals surface area contributed by atoms with Crippen molar-refractivity contribution in [2.75, 3.05) is 0 Å². The molecule has 0 saturated carbocycles. The molecule has 1 heterocycles. The van der Waals surface area contributed by atoms with Crippen LogP contribution in [-0.4, -0.2) is 22.2 Å². The Morgan fingerprint density at radius 3 is 2.17 bits per heavy atom. The molecule has 0 fully saturated rings. The average Bonchev–Trinajstić information content (AvgIpc) is 2.76. The first-order chi connectivity index (χ1) is 16.3. The maximum Gasteiger partial charge on any atom is 0.490 e. The quantitative estimate of drug-likeness (QED) is 0.405. The van der Waals surface area contributed by atoms with Crippen molar-refractivity contribution in [3.05, 3.63) is 86.0 Å². The second kappa shape index (κ2) is 11.3. The van der Waals surface area contributed by atoms with Gasteiger partial charge in [-0.25, -0.2) is 18.0 Å². The molecule has 0 aliphatic carbocycles. The van der Waals surface area contributed by atoms with Crippen LogP contribution in [0.2, 0.25) is 5.02 Å². The van der Waals surface area contributed by atoms with Crippen molar-refractivity contribution in [3.63, 3.8) is 0 Å². The number of carboxylic acids is 1. The summed E-state index contributed by atoms with van der Waals surface area (Å²) in [7, 11) is 0. The average molecular weight is 523 g/mol. The Morgan fingerprint density at radius 2 is 1.66 bits per heavy atom. The molecule has 2 aromatic carbocycles. The first kappa shape index (κ1) is 27.7. The standard InChI is InChI=1S/C20H16ClF3N2O2.C2HF3O2/c1-10-16(17-14(23)3-2-4-15(17)24)19(18(21)20(27)26-10)28-9-11-5-6-13(22)7-12(11)8-25;3-2(4,5)1(6)7/h2-7H,8-9,25H2,1H3,(H,26,27);(H,6,7). The van der Waals surface area contributed by atoms with Crippen molar-refractivity contribution in [2.24, 2.45) is 5.73 Å². The number of ether oxygens (including phenoxy) is 1. The molecule has 188 valence electrons. The zero-order valence-corrected chi connectivity index (χ0v) is 18.5. The molecule has 0 amide bonds. The number of nitrogens with one attached hydrogen (secondary N) is 1. The van der Waals surface area contributed by atoms with Gasteiger partial charge in [-0.2, -0.15) is 13.2 Å². The van der Waals surface area contributed by atoms with Crippen molar-refractivity contribution in [1.82, 2.24) is 4.98 Å². The lowest BCUT2D eigenvalue weighted by Gasteiger charge is -2.17. The fraction of sp³-hybridized carbons (Fsp3) is 0.182. The van der Waals surface area contributed by atoms with Crippen molar-refractivity contribution in [3.8, 4) is 16.9 Å². The Hall–Kier alpha value is -3.51. The minimum absolute atomic E-state index is 0.00314. The van der Waals surface area contributed by atoms with Gasteiger partial charge in [-0.1, -0.05) is 23.7 Å². The van der Waals surface area contributed by atoms with Gasteiger partial charge < -0.3 is 20.6 Å². The number of aromatic amines is 1. The lowest BCUT2D eigenvalue weighted by Crippen LogP contribution is -2.21. The van der Waals surface area contributed by atoms with Gasteiger partial charge in [-0.3, -0.25) is 4.79 Å². The van der Waals surface area contributed by atoms with Gasteiger partial charge >= 0.3 is 12.1 Å². The zero-order chi connectivity index (χ0) is 26.5. The van der Waals surface area contributed by atoms with E-state index in [1.165, 1.54) is 31.2 Å². The molecule has 0 saturated heterocycles. The van der Waals surface area contributed by atoms with Gasteiger partial charge in [-0.15, -0.1) is 0 Å². The Balaban J connectivity index is 0.000000540. The number of benzene rings is 2. The van der Waals surface area contributed by atoms with E-state index < -0.39 is 35.2 Å². The molecule has 1 aromatic heterocycles. The van der Waals surface area contributed by atoms with Crippen molar-refractivity contribution in [1.29, 1.82) is 0 Å². The molecule has 6 nitrogen and oxygen atoms in total. The number of carbonyl (C=O) groups is 1. The summed E-state index contributed by atoms with van der Waals surface area (Å²) in [5.41, 5.74) is 5.83. The number of rotatable bonds is 5. The van der Waals surface area contributed by atoms with Crippen molar-refractivity contribution >= 4 is 17.6 Å². The fourth-order valence-electron chi connectivity index (χ4n) is 2.92. The molecule has 35 heavy (non-hydrogen) atoms. The molecule has 3 aromatic rings. The van der Waals surface area contributed by atoms with E-state index in [-0.39, 0.29) is 40.7 Å². The van der Waals surface area contributed by atoms with Gasteiger partial charge in [-0.05, 0) is 42.3 Å². The number of aromatic nitrogens is 1. The summed E-state index contributed by atoms with van der Waals surface area (Å²) in [5.74, 6) is -5.05. The van der Waals surface area contributed by atoms with Crippen LogP contribution in [0.1, 0.15) is 16.8 Å². The van der Waals surface area contributed by atoms with Crippen molar-refractivity contribution in [2.45, 2.75) is 26.3 Å². The van der Waals surface area contributed by atoms with Crippen LogP contribution in [0.3, 0.4) is 0 Å². The van der Waals surface area contributed by atoms with Gasteiger partial charge in [0.05, 0.1) is 11.1 Å². The van der Waals surface area contributed by atoms with Gasteiger partial charge in [0.15, 0.2) is 5.75 Å². The predicted molar refractivity (Wildman–Crippen MR) is 114 cm³/mol. The van der Waals surface area contributed by atoms with Gasteiger partial charge in [0.2, 0.25) is 0 Å². The van der Waals surface area contributed by atoms with Crippen LogP contribution < -0.4 is 16.0 Å². The Kier molecular flexibility index (Phi) is 8.94. The minimum atomic E-state index is -5.08. The van der Waals surface area contributed by atoms with Crippen LogP contribution in [0.15, 0.2) is 41.2 Å². The number of H-pyrrole nitrogens is 1. The van der Waals surface area contributed by atoms with E-state index in [0.29, 0.717) is 11.1 Å². The lowest BCUT2D eigenvalue weighted by molar-refractivity contribution is -0.192. The number of pyridine rings is 1. The molecule has 3 rings (SSSR count). The van der Waals surface area contributed by atoms with Crippen LogP contribution in [-0.2, 0) is 17.9 Å². The number of carboxylic acid groups (broad SMARTS) is 1. The number of aryl methyl sites for hydroxylation is 1. The lowest BCUT2D eigenvalue weighted by atomic mass is 10.0. The fourth-order valence-corrected chi connectivity index (χ4v) is 3.12. The maximum absolute atomic E-state index is 14.4. The van der Waals surface area contributed by atoms with Crippen molar-refractivity contribution < 1.29 is 41.0 Å². The molecule has 13 heteroatoms. The normalized spacial score (nSPS) is 11.0. The van der Waals surface area contributed by atoms with Crippen LogP contribution in [0.5, 0.6) is 5.75 Å². The van der Waals surface area contributed by atoms with E-state index >= 15 is 0 Å². The zero-order valence-electron chi connectivity index (χ0n) is 17.8. The molecule has 0 spiro atoms. The number of alkyl halides is 3. The summed E-state index contributed by atoms with van der Waals surface area (Å²) in [5, 5.41) is 6.78. The second-order valence-electron chi connectivity index (χ2n) is 6.90. The molecule has 0 atom stereocenters. The summed E-state index contributed by atoms with van der Waals surface area (Å²) >= 11 is 6.09. The monoisotopic (exact) mass is 522 g/mol. The third-order valence-electron chi connectivity index (χ3n) is 4.52. The highest BCUT2D eigenvalue weighted by Crippen LogP contribution is 2.39. The Bertz CT molecular complexity index is 1270. The summed E-state index contributed by atoms with van der Waals surface area (Å²) in [6.07, 6.45) is -5.08. The Morgan fingerprint density at radius 1 is 1.09 bits per heavy atom. The van der Waals surface area contributed by atoms with E-state index in [2.05, 4.69) is 4.98 Å². The smallest absolute Gasteiger partial charge is 0.486 e. The third-order valence-corrected chi connectivity index (χ3v) is 4.86. The van der Waals surface area contributed by atoms with Crippen LogP contribution in [0.4, 0.5) is 26.3 Å². The summed E-state index contributed by atoms with van der Waals surface area (Å²) < 4.78 is 79.6. The summed E-state index contributed by atoms with van der Waals surface area (Å²) in [6.45, 7) is 1.42. The molecule has 4 N–H and O–H groups in total. The van der Waals surface area contributed by atoms with Crippen LogP contribution >= 0.6 is 11.6 Å². The maximum atomic E-state index is 14.4. The number of nitrogens with two attached hydrogens (primary N) is 1. The summed E-state index contributed by atoms with van der Waals surface area (Å²) in [4.78, 5) is 23.4. The van der Waals surface area contributed by atoms with E-state index in [1.54, 1.807) is 0 Å². The minimum Gasteiger partial charge on any atom is -0.486 e. The van der Waals surface area contributed by atoms with Gasteiger partial charge in [0.25, 0.3) is 5.56 Å². The third kappa shape index (κ3) is 6.76. The molecule has 0 radical (unpaired) electrons. The number of hydrogen-bond acceptors (Lipinski definition) is 4. The van der Waals surface area contributed by atoms with E-state index in [1.807, 2.05) is 0 Å². The molecule has 0 aliphatic heterocycles. The molecule has 0 aliphatic rings. The number of halogens is 7. The summed E-state index contributed by atoms with van der Waals surface area (Å²) in [6, 6.07) is 7.39. The molecule has 0 unspecified atom stereocenters. The van der Waals surface area contributed by atoms with Crippen LogP contribution in [0, 0.1) is 24.4 Å². The van der Waals surface area contributed by atoms with Gasteiger partial charge in [0.1, 0.15) is 29.1 Å². The number of hydrogen-bond donors (Lipinski definition) is 3. The highest BCUT2D eigenvalue weighted by atomic mass is 35.5. The largest absolute Gasteiger partial charge is 0.490 e. The molecular weight excluding hydrogens is 506 g/mol. The predicted octanol–water partition coefficient (Wildman–Crippen LogP) is 5.09. The first-order valence-corrected chi connectivity index (χ1v) is 9.92. The first-order valence-electron chi connectivity index (χ1n) is 9.54. The Labute approximate surface area is 198 Å². The topological polar surface area (TPSA) is 105 Å². The highest BCUT2D eigenvalue weighted by Gasteiger charge is 2.38. The molecule has 0 bridgehead atoms.